The van der Waals surface area contributed by atoms with Crippen LogP contribution in [0.15, 0.2) is 0 Å². The van der Waals surface area contributed by atoms with Gasteiger partial charge in [0.05, 0.1) is 5.92 Å². The fourth-order valence-electron chi connectivity index (χ4n) is 1.04. The minimum Gasteiger partial charge on any atom is -0.481 e. The van der Waals surface area contributed by atoms with E-state index in [0.29, 0.717) is 19.5 Å². The number of nitrogens with one attached hydrogen (secondary N) is 2. The van der Waals surface area contributed by atoms with Gasteiger partial charge in [-0.15, -0.1) is 0 Å². The summed E-state index contributed by atoms with van der Waals surface area (Å²) in [5.74, 6) is -1.28. The first-order valence-electron chi connectivity index (χ1n) is 6.08. The van der Waals surface area contributed by atoms with Crippen molar-refractivity contribution in [3.8, 4) is 0 Å². The maximum Gasteiger partial charge on any atom is 0.314 e. The van der Waals surface area contributed by atoms with Crippen molar-refractivity contribution in [2.45, 2.75) is 32.7 Å². The molecule has 0 aromatic carbocycles. The predicted octanol–water partition coefficient (Wildman–Crippen LogP) is 0.737. The molecule has 0 saturated heterocycles. The van der Waals surface area contributed by atoms with Crippen molar-refractivity contribution in [3.05, 3.63) is 0 Å². The van der Waals surface area contributed by atoms with Crippen LogP contribution in [0.25, 0.3) is 0 Å². The summed E-state index contributed by atoms with van der Waals surface area (Å²) in [6.45, 7) is 6.57. The number of rotatable bonds is 7. The second kappa shape index (κ2) is 7.20. The molecule has 0 bridgehead atoms. The van der Waals surface area contributed by atoms with Crippen molar-refractivity contribution in [2.75, 3.05) is 27.2 Å². The van der Waals surface area contributed by atoms with Gasteiger partial charge < -0.3 is 20.6 Å². The lowest BCUT2D eigenvalue weighted by Gasteiger charge is -2.32. The number of carbonyl (C=O) groups excluding carboxylic acids is 1. The number of likely N-dealkylation sites (N-methyl/N-ethyl adjacent to an activating group) is 1. The van der Waals surface area contributed by atoms with E-state index in [0.717, 1.165) is 0 Å². The Hall–Kier alpha value is -1.30. The second-order valence-electron chi connectivity index (χ2n) is 5.34. The summed E-state index contributed by atoms with van der Waals surface area (Å²) in [4.78, 5) is 24.1. The molecule has 0 aliphatic carbocycles. The highest BCUT2D eigenvalue weighted by atomic mass is 16.4. The Morgan fingerprint density at radius 2 is 1.83 bits per heavy atom. The van der Waals surface area contributed by atoms with E-state index in [9.17, 15) is 9.59 Å². The molecule has 0 spiro atoms. The van der Waals surface area contributed by atoms with E-state index < -0.39 is 11.9 Å². The first-order chi connectivity index (χ1) is 8.16. The van der Waals surface area contributed by atoms with Gasteiger partial charge in [0, 0.05) is 18.6 Å². The molecule has 106 valence electrons. The Labute approximate surface area is 109 Å². The smallest absolute Gasteiger partial charge is 0.314 e. The summed E-state index contributed by atoms with van der Waals surface area (Å²) in [6.07, 6.45) is 0.430. The van der Waals surface area contributed by atoms with Crippen LogP contribution in [-0.2, 0) is 4.79 Å². The number of nitrogens with zero attached hydrogens (tertiary/aromatic N) is 1. The van der Waals surface area contributed by atoms with Crippen LogP contribution in [0.4, 0.5) is 4.79 Å². The van der Waals surface area contributed by atoms with Crippen molar-refractivity contribution in [2.24, 2.45) is 5.92 Å². The van der Waals surface area contributed by atoms with Gasteiger partial charge in [0.2, 0.25) is 0 Å². The maximum atomic E-state index is 11.5. The molecule has 0 aliphatic rings. The maximum absolute atomic E-state index is 11.5. The standard InChI is InChI=1S/C12H25N3O3/c1-9(10(16)17)6-7-13-11(18)14-8-12(2,3)15(4)5/h9H,6-8H2,1-5H3,(H,16,17)(H2,13,14,18). The van der Waals surface area contributed by atoms with Crippen molar-refractivity contribution in [1.82, 2.24) is 15.5 Å². The van der Waals surface area contributed by atoms with Gasteiger partial charge in [-0.25, -0.2) is 4.79 Å². The third kappa shape index (κ3) is 6.44. The van der Waals surface area contributed by atoms with Gasteiger partial charge in [-0.3, -0.25) is 4.79 Å². The molecular formula is C12H25N3O3. The number of carbonyl (C=O) groups is 2. The van der Waals surface area contributed by atoms with Crippen LogP contribution < -0.4 is 10.6 Å². The summed E-state index contributed by atoms with van der Waals surface area (Å²) in [7, 11) is 3.91. The zero-order valence-electron chi connectivity index (χ0n) is 11.9. The van der Waals surface area contributed by atoms with E-state index >= 15 is 0 Å². The third-order valence-electron chi connectivity index (χ3n) is 3.18. The molecule has 0 radical (unpaired) electrons. The highest BCUT2D eigenvalue weighted by Crippen LogP contribution is 2.07. The van der Waals surface area contributed by atoms with Crippen LogP contribution >= 0.6 is 0 Å². The lowest BCUT2D eigenvalue weighted by molar-refractivity contribution is -0.141. The number of hydrogen-bond acceptors (Lipinski definition) is 3. The van der Waals surface area contributed by atoms with Crippen LogP contribution in [0, 0.1) is 5.92 Å². The minimum absolute atomic E-state index is 0.119. The SMILES string of the molecule is CC(CCNC(=O)NCC(C)(C)N(C)C)C(=O)O. The first kappa shape index (κ1) is 16.7. The van der Waals surface area contributed by atoms with E-state index in [2.05, 4.69) is 10.6 Å². The fourth-order valence-corrected chi connectivity index (χ4v) is 1.04. The molecule has 0 rings (SSSR count). The molecule has 0 aromatic rings. The molecule has 6 heteroatoms. The number of urea groups is 1. The third-order valence-corrected chi connectivity index (χ3v) is 3.18. The van der Waals surface area contributed by atoms with E-state index in [4.69, 9.17) is 5.11 Å². The lowest BCUT2D eigenvalue weighted by Crippen LogP contribution is -2.50. The zero-order chi connectivity index (χ0) is 14.3. The highest BCUT2D eigenvalue weighted by molar-refractivity contribution is 5.74. The molecule has 2 amide bonds. The summed E-state index contributed by atoms with van der Waals surface area (Å²) < 4.78 is 0. The molecule has 0 aliphatic heterocycles. The topological polar surface area (TPSA) is 81.7 Å². The van der Waals surface area contributed by atoms with Crippen LogP contribution in [0.2, 0.25) is 0 Å². The molecule has 18 heavy (non-hydrogen) atoms. The van der Waals surface area contributed by atoms with Gasteiger partial charge in [0.15, 0.2) is 0 Å². The van der Waals surface area contributed by atoms with E-state index in [1.54, 1.807) is 6.92 Å². The van der Waals surface area contributed by atoms with Crippen molar-refractivity contribution >= 4 is 12.0 Å². The molecule has 0 fully saturated rings. The number of hydrogen-bond donors (Lipinski definition) is 3. The molecule has 0 aromatic heterocycles. The Morgan fingerprint density at radius 1 is 1.28 bits per heavy atom. The van der Waals surface area contributed by atoms with Gasteiger partial charge in [0.1, 0.15) is 0 Å². The molecular weight excluding hydrogens is 234 g/mol. The number of carboxylic acid groups (broad SMARTS) is 1. The number of carboxylic acids is 1. The van der Waals surface area contributed by atoms with Gasteiger partial charge in [-0.1, -0.05) is 6.92 Å². The summed E-state index contributed by atoms with van der Waals surface area (Å²) >= 11 is 0. The lowest BCUT2D eigenvalue weighted by atomic mass is 10.0. The predicted molar refractivity (Wildman–Crippen MR) is 70.6 cm³/mol. The Kier molecular flexibility index (Phi) is 6.68. The monoisotopic (exact) mass is 259 g/mol. The molecule has 3 N–H and O–H groups in total. The normalized spacial score (nSPS) is 13.2. The summed E-state index contributed by atoms with van der Waals surface area (Å²) in [5.41, 5.74) is -0.119. The highest BCUT2D eigenvalue weighted by Gasteiger charge is 2.20. The van der Waals surface area contributed by atoms with Crippen LogP contribution in [0.3, 0.4) is 0 Å². The van der Waals surface area contributed by atoms with E-state index in [-0.39, 0.29) is 11.6 Å². The van der Waals surface area contributed by atoms with Crippen molar-refractivity contribution in [3.63, 3.8) is 0 Å². The zero-order valence-corrected chi connectivity index (χ0v) is 11.9. The largest absolute Gasteiger partial charge is 0.481 e. The molecule has 6 nitrogen and oxygen atoms in total. The van der Waals surface area contributed by atoms with Crippen molar-refractivity contribution < 1.29 is 14.7 Å². The number of amides is 2. The summed E-state index contributed by atoms with van der Waals surface area (Å²) in [6, 6.07) is -0.262. The summed E-state index contributed by atoms with van der Waals surface area (Å²) in [5, 5.41) is 14.1. The first-order valence-corrected chi connectivity index (χ1v) is 6.08. The van der Waals surface area contributed by atoms with Gasteiger partial charge in [0.25, 0.3) is 0 Å². The molecule has 1 atom stereocenters. The average molecular weight is 259 g/mol. The van der Waals surface area contributed by atoms with Gasteiger partial charge in [-0.05, 0) is 34.4 Å². The fraction of sp³-hybridized carbons (Fsp3) is 0.833. The molecule has 1 unspecified atom stereocenters. The molecule has 0 heterocycles. The van der Waals surface area contributed by atoms with E-state index in [1.807, 2.05) is 32.8 Å². The van der Waals surface area contributed by atoms with Crippen LogP contribution in [0.5, 0.6) is 0 Å². The molecule has 0 saturated carbocycles. The van der Waals surface area contributed by atoms with Crippen LogP contribution in [0.1, 0.15) is 27.2 Å². The quantitative estimate of drug-likeness (QED) is 0.630. The minimum atomic E-state index is -0.842. The second-order valence-corrected chi connectivity index (χ2v) is 5.34. The van der Waals surface area contributed by atoms with E-state index in [1.165, 1.54) is 0 Å². The average Bonchev–Trinajstić information content (AvgIpc) is 2.26. The Bertz CT molecular complexity index is 290. The Morgan fingerprint density at radius 3 is 2.28 bits per heavy atom. The van der Waals surface area contributed by atoms with Gasteiger partial charge in [-0.2, -0.15) is 0 Å². The Balaban J connectivity index is 3.83. The van der Waals surface area contributed by atoms with Crippen molar-refractivity contribution in [1.29, 1.82) is 0 Å². The van der Waals surface area contributed by atoms with Crippen LogP contribution in [-0.4, -0.2) is 54.7 Å². The number of aliphatic carboxylic acids is 1. The van der Waals surface area contributed by atoms with Gasteiger partial charge >= 0.3 is 12.0 Å².